The molecular weight excluding hydrogens is 298 g/mol. The lowest BCUT2D eigenvalue weighted by Crippen LogP contribution is -2.11. The maximum atomic E-state index is 11.8. The van der Waals surface area contributed by atoms with Crippen LogP contribution in [0.25, 0.3) is 11.3 Å². The van der Waals surface area contributed by atoms with Gasteiger partial charge in [-0.05, 0) is 43.3 Å². The van der Waals surface area contributed by atoms with Crippen molar-refractivity contribution in [3.63, 3.8) is 0 Å². The van der Waals surface area contributed by atoms with E-state index in [1.165, 1.54) is 20.1 Å². The van der Waals surface area contributed by atoms with E-state index in [0.29, 0.717) is 12.3 Å². The Morgan fingerprint density at radius 1 is 1.09 bits per heavy atom. The molecule has 0 radical (unpaired) electrons. The molecule has 120 valence electrons. The standard InChI is InChI=1S/C17H17NO5/c1-4-22-13-7-5-12(6-8-13)14-9-10-15(23-11(2)19)16(18-14)17(20)21-3/h5-10H,4H2,1-3H3. The van der Waals surface area contributed by atoms with Crippen LogP contribution in [-0.2, 0) is 9.53 Å². The number of benzene rings is 1. The van der Waals surface area contributed by atoms with Crippen LogP contribution in [-0.4, -0.2) is 30.6 Å². The van der Waals surface area contributed by atoms with Gasteiger partial charge in [0.05, 0.1) is 19.4 Å². The minimum absolute atomic E-state index is 0.0471. The fourth-order valence-corrected chi connectivity index (χ4v) is 1.98. The van der Waals surface area contributed by atoms with Gasteiger partial charge in [-0.3, -0.25) is 4.79 Å². The third-order valence-corrected chi connectivity index (χ3v) is 2.95. The Morgan fingerprint density at radius 3 is 2.35 bits per heavy atom. The summed E-state index contributed by atoms with van der Waals surface area (Å²) < 4.78 is 15.1. The van der Waals surface area contributed by atoms with Gasteiger partial charge >= 0.3 is 11.9 Å². The molecule has 0 aliphatic carbocycles. The number of carbonyl (C=O) groups excluding carboxylic acids is 2. The minimum Gasteiger partial charge on any atom is -0.494 e. The smallest absolute Gasteiger partial charge is 0.360 e. The van der Waals surface area contributed by atoms with Gasteiger partial charge in [-0.25, -0.2) is 9.78 Å². The van der Waals surface area contributed by atoms with Crippen molar-refractivity contribution >= 4 is 11.9 Å². The molecule has 0 saturated carbocycles. The summed E-state index contributed by atoms with van der Waals surface area (Å²) in [5.74, 6) is -0.389. The van der Waals surface area contributed by atoms with E-state index in [9.17, 15) is 9.59 Å². The number of hydrogen-bond donors (Lipinski definition) is 0. The number of hydrogen-bond acceptors (Lipinski definition) is 6. The molecule has 0 bridgehead atoms. The number of carbonyl (C=O) groups is 2. The van der Waals surface area contributed by atoms with Crippen LogP contribution in [0.15, 0.2) is 36.4 Å². The summed E-state index contributed by atoms with van der Waals surface area (Å²) in [6, 6.07) is 10.5. The van der Waals surface area contributed by atoms with Crippen LogP contribution in [0.3, 0.4) is 0 Å². The zero-order valence-electron chi connectivity index (χ0n) is 13.2. The summed E-state index contributed by atoms with van der Waals surface area (Å²) in [4.78, 5) is 27.2. The summed E-state index contributed by atoms with van der Waals surface area (Å²) in [7, 11) is 1.24. The molecule has 23 heavy (non-hydrogen) atoms. The van der Waals surface area contributed by atoms with Crippen molar-refractivity contribution in [1.29, 1.82) is 0 Å². The van der Waals surface area contributed by atoms with Gasteiger partial charge in [0, 0.05) is 12.5 Å². The second-order valence-corrected chi connectivity index (χ2v) is 4.59. The van der Waals surface area contributed by atoms with E-state index in [1.54, 1.807) is 6.07 Å². The first-order valence-electron chi connectivity index (χ1n) is 7.06. The molecule has 1 aromatic carbocycles. The highest BCUT2D eigenvalue weighted by Gasteiger charge is 2.18. The molecule has 2 aromatic rings. The summed E-state index contributed by atoms with van der Waals surface area (Å²) >= 11 is 0. The van der Waals surface area contributed by atoms with Gasteiger partial charge in [-0.2, -0.15) is 0 Å². The second-order valence-electron chi connectivity index (χ2n) is 4.59. The van der Waals surface area contributed by atoms with E-state index in [1.807, 2.05) is 31.2 Å². The number of methoxy groups -OCH3 is 1. The van der Waals surface area contributed by atoms with Gasteiger partial charge in [-0.1, -0.05) is 0 Å². The largest absolute Gasteiger partial charge is 0.494 e. The molecule has 0 aliphatic heterocycles. The Morgan fingerprint density at radius 2 is 1.78 bits per heavy atom. The SMILES string of the molecule is CCOc1ccc(-c2ccc(OC(C)=O)c(C(=O)OC)n2)cc1. The summed E-state index contributed by atoms with van der Waals surface area (Å²) in [5, 5.41) is 0. The molecule has 0 atom stereocenters. The highest BCUT2D eigenvalue weighted by molar-refractivity contribution is 5.92. The lowest BCUT2D eigenvalue weighted by Gasteiger charge is -2.09. The normalized spacial score (nSPS) is 10.0. The molecule has 0 N–H and O–H groups in total. The molecule has 0 aliphatic rings. The summed E-state index contributed by atoms with van der Waals surface area (Å²) in [5.41, 5.74) is 1.31. The van der Waals surface area contributed by atoms with Crippen molar-refractivity contribution in [2.75, 3.05) is 13.7 Å². The van der Waals surface area contributed by atoms with Gasteiger partial charge in [-0.15, -0.1) is 0 Å². The van der Waals surface area contributed by atoms with E-state index >= 15 is 0 Å². The van der Waals surface area contributed by atoms with Crippen LogP contribution in [0.1, 0.15) is 24.3 Å². The highest BCUT2D eigenvalue weighted by Crippen LogP contribution is 2.25. The minimum atomic E-state index is -0.672. The van der Waals surface area contributed by atoms with Crippen molar-refractivity contribution in [2.24, 2.45) is 0 Å². The van der Waals surface area contributed by atoms with Crippen molar-refractivity contribution in [1.82, 2.24) is 4.98 Å². The van der Waals surface area contributed by atoms with Crippen LogP contribution in [0.4, 0.5) is 0 Å². The van der Waals surface area contributed by atoms with E-state index in [4.69, 9.17) is 9.47 Å². The molecule has 0 saturated heterocycles. The van der Waals surface area contributed by atoms with E-state index < -0.39 is 11.9 Å². The first-order valence-corrected chi connectivity index (χ1v) is 7.06. The quantitative estimate of drug-likeness (QED) is 0.790. The number of aromatic nitrogens is 1. The number of ether oxygens (including phenoxy) is 3. The van der Waals surface area contributed by atoms with E-state index in [-0.39, 0.29) is 11.4 Å². The first kappa shape index (κ1) is 16.5. The number of rotatable bonds is 5. The summed E-state index contributed by atoms with van der Waals surface area (Å²) in [6.07, 6.45) is 0. The molecule has 1 aromatic heterocycles. The molecule has 2 rings (SSSR count). The Labute approximate surface area is 134 Å². The fraction of sp³-hybridized carbons (Fsp3) is 0.235. The third kappa shape index (κ3) is 4.06. The van der Waals surface area contributed by atoms with Crippen molar-refractivity contribution in [3.8, 4) is 22.8 Å². The van der Waals surface area contributed by atoms with Crippen LogP contribution in [0.5, 0.6) is 11.5 Å². The number of pyridine rings is 1. The Bertz CT molecular complexity index is 709. The van der Waals surface area contributed by atoms with Crippen LogP contribution in [0, 0.1) is 0 Å². The molecule has 0 fully saturated rings. The average Bonchev–Trinajstić information content (AvgIpc) is 2.55. The topological polar surface area (TPSA) is 74.7 Å². The number of nitrogens with zero attached hydrogens (tertiary/aromatic N) is 1. The zero-order valence-corrected chi connectivity index (χ0v) is 13.2. The fourth-order valence-electron chi connectivity index (χ4n) is 1.98. The lowest BCUT2D eigenvalue weighted by molar-refractivity contribution is -0.131. The van der Waals surface area contributed by atoms with Crippen LogP contribution in [0.2, 0.25) is 0 Å². The van der Waals surface area contributed by atoms with Crippen molar-refractivity contribution < 1.29 is 23.8 Å². The molecule has 0 unspecified atom stereocenters. The van der Waals surface area contributed by atoms with E-state index in [0.717, 1.165) is 11.3 Å². The first-order chi connectivity index (χ1) is 11.0. The maximum Gasteiger partial charge on any atom is 0.360 e. The second kappa shape index (κ2) is 7.40. The predicted octanol–water partition coefficient (Wildman–Crippen LogP) is 2.86. The molecule has 1 heterocycles. The molecule has 0 amide bonds. The van der Waals surface area contributed by atoms with Gasteiger partial charge in [0.15, 0.2) is 11.4 Å². The van der Waals surface area contributed by atoms with Gasteiger partial charge in [0.25, 0.3) is 0 Å². The van der Waals surface area contributed by atoms with Crippen molar-refractivity contribution in [2.45, 2.75) is 13.8 Å². The predicted molar refractivity (Wildman–Crippen MR) is 83.5 cm³/mol. The van der Waals surface area contributed by atoms with Gasteiger partial charge < -0.3 is 14.2 Å². The zero-order chi connectivity index (χ0) is 16.8. The molecule has 0 spiro atoms. The highest BCUT2D eigenvalue weighted by atomic mass is 16.5. The van der Waals surface area contributed by atoms with E-state index in [2.05, 4.69) is 9.72 Å². The molecule has 6 heteroatoms. The Balaban J connectivity index is 2.39. The summed E-state index contributed by atoms with van der Waals surface area (Å²) in [6.45, 7) is 3.74. The Kier molecular flexibility index (Phi) is 5.30. The Hall–Kier alpha value is -2.89. The van der Waals surface area contributed by atoms with Crippen molar-refractivity contribution in [3.05, 3.63) is 42.1 Å². The maximum absolute atomic E-state index is 11.8. The van der Waals surface area contributed by atoms with Crippen LogP contribution < -0.4 is 9.47 Å². The molecule has 6 nitrogen and oxygen atoms in total. The monoisotopic (exact) mass is 315 g/mol. The third-order valence-electron chi connectivity index (χ3n) is 2.95. The number of esters is 2. The molecular formula is C17H17NO5. The van der Waals surface area contributed by atoms with Crippen LogP contribution >= 0.6 is 0 Å². The van der Waals surface area contributed by atoms with Gasteiger partial charge in [0.1, 0.15) is 5.75 Å². The lowest BCUT2D eigenvalue weighted by atomic mass is 10.1. The average molecular weight is 315 g/mol. The van der Waals surface area contributed by atoms with Gasteiger partial charge in [0.2, 0.25) is 0 Å².